The molecular weight excluding hydrogens is 302 g/mol. The largest absolute Gasteiger partial charge is 0.389 e. The first-order chi connectivity index (χ1) is 6.79. The maximum Gasteiger partial charge on any atom is 0.296 e. The van der Waals surface area contributed by atoms with Gasteiger partial charge in [-0.25, -0.2) is 5.14 Å². The van der Waals surface area contributed by atoms with Crippen molar-refractivity contribution in [2.24, 2.45) is 10.9 Å². The van der Waals surface area contributed by atoms with Crippen LogP contribution < -0.4 is 15.6 Å². The summed E-state index contributed by atoms with van der Waals surface area (Å²) in [6.07, 6.45) is 0. The summed E-state index contributed by atoms with van der Waals surface area (Å²) in [4.78, 5) is 0.0856. The second kappa shape index (κ2) is 4.44. The molecule has 1 aromatic rings. The first-order valence-corrected chi connectivity index (χ1v) is 6.44. The van der Waals surface area contributed by atoms with Crippen LogP contribution in [0.4, 0.5) is 5.69 Å². The van der Waals surface area contributed by atoms with Crippen molar-refractivity contribution in [3.8, 4) is 0 Å². The van der Waals surface area contributed by atoms with Gasteiger partial charge in [-0.05, 0) is 18.2 Å². The Labute approximate surface area is 101 Å². The fourth-order valence-corrected chi connectivity index (χ4v) is 1.98. The lowest BCUT2D eigenvalue weighted by molar-refractivity contribution is 0.603. The molecule has 5 nitrogen and oxygen atoms in total. The molecule has 0 unspecified atom stereocenters. The van der Waals surface area contributed by atoms with E-state index in [1.807, 2.05) is 0 Å². The van der Waals surface area contributed by atoms with Crippen LogP contribution in [0.1, 0.15) is 5.56 Å². The molecular formula is C7H8BrN3O2S2. The topological polar surface area (TPSA) is 98.2 Å². The predicted molar refractivity (Wildman–Crippen MR) is 66.8 cm³/mol. The Morgan fingerprint density at radius 3 is 2.53 bits per heavy atom. The van der Waals surface area contributed by atoms with Crippen LogP contribution in [-0.4, -0.2) is 13.4 Å². The van der Waals surface area contributed by atoms with Gasteiger partial charge in [0.2, 0.25) is 0 Å². The number of nitrogens with one attached hydrogen (secondary N) is 1. The summed E-state index contributed by atoms with van der Waals surface area (Å²) in [6.45, 7) is 0. The van der Waals surface area contributed by atoms with E-state index in [2.05, 4.69) is 20.7 Å². The third-order valence-electron chi connectivity index (χ3n) is 1.50. The second-order valence-corrected chi connectivity index (χ2v) is 5.35. The standard InChI is InChI=1S/C7H8BrN3O2S2/c8-4-1-2-6(11-15(10,12)13)5(3-4)7(9)14/h1-3,11H,(H2,9,14)(H2,10,12,13). The SMILES string of the molecule is NC(=S)c1cc(Br)ccc1NS(N)(=O)=O. The maximum atomic E-state index is 10.8. The molecule has 0 saturated heterocycles. The van der Waals surface area contributed by atoms with E-state index in [0.29, 0.717) is 5.56 Å². The van der Waals surface area contributed by atoms with Crippen molar-refractivity contribution in [1.82, 2.24) is 0 Å². The van der Waals surface area contributed by atoms with Crippen LogP contribution in [-0.2, 0) is 10.2 Å². The minimum Gasteiger partial charge on any atom is -0.389 e. The van der Waals surface area contributed by atoms with Crippen molar-refractivity contribution in [1.29, 1.82) is 0 Å². The van der Waals surface area contributed by atoms with Crippen LogP contribution in [0.15, 0.2) is 22.7 Å². The van der Waals surface area contributed by atoms with Crippen molar-refractivity contribution in [3.05, 3.63) is 28.2 Å². The molecule has 1 aromatic carbocycles. The van der Waals surface area contributed by atoms with Crippen LogP contribution in [0.3, 0.4) is 0 Å². The Balaban J connectivity index is 3.24. The van der Waals surface area contributed by atoms with Crippen molar-refractivity contribution >= 4 is 49.0 Å². The summed E-state index contributed by atoms with van der Waals surface area (Å²) >= 11 is 8.00. The minimum atomic E-state index is -3.83. The second-order valence-electron chi connectivity index (χ2n) is 2.70. The number of hydrogen-bond donors (Lipinski definition) is 3. The Morgan fingerprint density at radius 2 is 2.07 bits per heavy atom. The fourth-order valence-electron chi connectivity index (χ4n) is 0.963. The summed E-state index contributed by atoms with van der Waals surface area (Å²) < 4.78 is 24.5. The molecule has 1 rings (SSSR count). The zero-order valence-corrected chi connectivity index (χ0v) is 10.6. The Morgan fingerprint density at radius 1 is 1.47 bits per heavy atom. The average molecular weight is 310 g/mol. The monoisotopic (exact) mass is 309 g/mol. The molecule has 0 heterocycles. The molecule has 0 saturated carbocycles. The van der Waals surface area contributed by atoms with Gasteiger partial charge < -0.3 is 5.73 Å². The smallest absolute Gasteiger partial charge is 0.296 e. The normalized spacial score (nSPS) is 11.1. The number of nitrogens with two attached hydrogens (primary N) is 2. The van der Waals surface area contributed by atoms with E-state index in [0.717, 1.165) is 4.47 Å². The highest BCUT2D eigenvalue weighted by molar-refractivity contribution is 9.10. The lowest BCUT2D eigenvalue weighted by atomic mass is 10.2. The van der Waals surface area contributed by atoms with Gasteiger partial charge in [-0.3, -0.25) is 4.72 Å². The van der Waals surface area contributed by atoms with Crippen molar-refractivity contribution in [2.75, 3.05) is 4.72 Å². The molecule has 0 atom stereocenters. The van der Waals surface area contributed by atoms with E-state index in [-0.39, 0.29) is 10.7 Å². The predicted octanol–water partition coefficient (Wildman–Crippen LogP) is 0.699. The summed E-state index contributed by atoms with van der Waals surface area (Å²) in [5.41, 5.74) is 6.11. The number of rotatable bonds is 3. The van der Waals surface area contributed by atoms with Crippen molar-refractivity contribution < 1.29 is 8.42 Å². The molecule has 0 radical (unpaired) electrons. The molecule has 5 N–H and O–H groups in total. The third-order valence-corrected chi connectivity index (χ3v) is 2.72. The summed E-state index contributed by atoms with van der Waals surface area (Å²) in [5, 5.41) is 4.84. The minimum absolute atomic E-state index is 0.0856. The molecule has 0 aromatic heterocycles. The average Bonchev–Trinajstić information content (AvgIpc) is 2.05. The van der Waals surface area contributed by atoms with Gasteiger partial charge in [-0.1, -0.05) is 28.1 Å². The summed E-state index contributed by atoms with van der Waals surface area (Å²) in [7, 11) is -3.83. The first-order valence-electron chi connectivity index (χ1n) is 3.69. The quantitative estimate of drug-likeness (QED) is 0.716. The highest BCUT2D eigenvalue weighted by atomic mass is 79.9. The number of halogens is 1. The highest BCUT2D eigenvalue weighted by Crippen LogP contribution is 2.21. The van der Waals surface area contributed by atoms with E-state index in [1.54, 1.807) is 12.1 Å². The van der Waals surface area contributed by atoms with Crippen LogP contribution in [0, 0.1) is 0 Å². The van der Waals surface area contributed by atoms with Crippen molar-refractivity contribution in [3.63, 3.8) is 0 Å². The highest BCUT2D eigenvalue weighted by Gasteiger charge is 2.09. The number of benzene rings is 1. The summed E-state index contributed by atoms with van der Waals surface area (Å²) in [5.74, 6) is 0. The zero-order chi connectivity index (χ0) is 11.6. The van der Waals surface area contributed by atoms with Gasteiger partial charge in [0, 0.05) is 10.0 Å². The number of anilines is 1. The first kappa shape index (κ1) is 12.4. The van der Waals surface area contributed by atoms with Crippen LogP contribution >= 0.6 is 28.1 Å². The molecule has 0 bridgehead atoms. The molecule has 8 heteroatoms. The maximum absolute atomic E-state index is 10.8. The van der Waals surface area contributed by atoms with Gasteiger partial charge in [0.25, 0.3) is 10.2 Å². The molecule has 0 amide bonds. The third kappa shape index (κ3) is 3.74. The Kier molecular flexibility index (Phi) is 3.66. The number of hydrogen-bond acceptors (Lipinski definition) is 3. The molecule has 0 aliphatic heterocycles. The van der Waals surface area contributed by atoms with Crippen LogP contribution in [0.5, 0.6) is 0 Å². The molecule has 0 aliphatic rings. The van der Waals surface area contributed by atoms with Gasteiger partial charge in [0.15, 0.2) is 0 Å². The van der Waals surface area contributed by atoms with E-state index in [4.69, 9.17) is 23.1 Å². The molecule has 15 heavy (non-hydrogen) atoms. The van der Waals surface area contributed by atoms with Crippen molar-refractivity contribution in [2.45, 2.75) is 0 Å². The van der Waals surface area contributed by atoms with Gasteiger partial charge in [-0.15, -0.1) is 0 Å². The molecule has 82 valence electrons. The van der Waals surface area contributed by atoms with Gasteiger partial charge in [0.05, 0.1) is 5.69 Å². The van der Waals surface area contributed by atoms with Crippen LogP contribution in [0.2, 0.25) is 0 Å². The van der Waals surface area contributed by atoms with E-state index >= 15 is 0 Å². The van der Waals surface area contributed by atoms with E-state index in [1.165, 1.54) is 6.07 Å². The van der Waals surface area contributed by atoms with Gasteiger partial charge in [-0.2, -0.15) is 8.42 Å². The van der Waals surface area contributed by atoms with E-state index in [9.17, 15) is 8.42 Å². The fraction of sp³-hybridized carbons (Fsp3) is 0. The Hall–Kier alpha value is -0.700. The zero-order valence-electron chi connectivity index (χ0n) is 7.40. The number of thiocarbonyl (C=S) groups is 1. The molecule has 0 fully saturated rings. The summed E-state index contributed by atoms with van der Waals surface area (Å²) in [6, 6.07) is 4.77. The van der Waals surface area contributed by atoms with Gasteiger partial charge in [0.1, 0.15) is 4.99 Å². The lowest BCUT2D eigenvalue weighted by Crippen LogP contribution is -2.24. The van der Waals surface area contributed by atoms with Crippen LogP contribution in [0.25, 0.3) is 0 Å². The molecule has 0 spiro atoms. The molecule has 0 aliphatic carbocycles. The van der Waals surface area contributed by atoms with E-state index < -0.39 is 10.2 Å². The van der Waals surface area contributed by atoms with Gasteiger partial charge >= 0.3 is 0 Å². The lowest BCUT2D eigenvalue weighted by Gasteiger charge is -2.09. The Bertz CT molecular complexity index is 501.